The summed E-state index contributed by atoms with van der Waals surface area (Å²) in [6.45, 7) is 4.58. The molecule has 0 aliphatic heterocycles. The monoisotopic (exact) mass is 430 g/mol. The van der Waals surface area contributed by atoms with Crippen molar-refractivity contribution < 1.29 is 0 Å². The van der Waals surface area contributed by atoms with Crippen molar-refractivity contribution in [2.45, 2.75) is 162 Å². The number of unbranched alkanes of at least 4 members (excludes halogenated alkanes) is 19. The van der Waals surface area contributed by atoms with Gasteiger partial charge in [-0.1, -0.05) is 121 Å². The van der Waals surface area contributed by atoms with E-state index in [2.05, 4.69) is 50.3 Å². The average Bonchev–Trinajstić information content (AvgIpc) is 2.78. The molecule has 0 spiro atoms. The van der Waals surface area contributed by atoms with Crippen LogP contribution in [-0.4, -0.2) is 0 Å². The molecule has 0 heterocycles. The van der Waals surface area contributed by atoms with Gasteiger partial charge < -0.3 is 0 Å². The number of hydrogen-bond acceptors (Lipinski definition) is 0. The summed E-state index contributed by atoms with van der Waals surface area (Å²) in [4.78, 5) is 0. The molecule has 0 aliphatic carbocycles. The Morgan fingerprint density at radius 1 is 0.258 bits per heavy atom. The van der Waals surface area contributed by atoms with E-state index in [1.54, 1.807) is 0 Å². The topological polar surface area (TPSA) is 0 Å². The van der Waals surface area contributed by atoms with Gasteiger partial charge in [0.1, 0.15) is 0 Å². The van der Waals surface area contributed by atoms with Gasteiger partial charge in [-0.3, -0.25) is 0 Å². The highest BCUT2D eigenvalue weighted by Gasteiger charge is 1.90. The van der Waals surface area contributed by atoms with Crippen molar-refractivity contribution in [3.63, 3.8) is 0 Å². The molecule has 0 saturated carbocycles. The van der Waals surface area contributed by atoms with E-state index in [1.165, 1.54) is 148 Å². The molecular formula is C31H58. The maximum absolute atomic E-state index is 2.42. The van der Waals surface area contributed by atoms with Crippen molar-refractivity contribution in [1.82, 2.24) is 0 Å². The number of allylic oxidation sites excluding steroid dienone is 6. The molecule has 0 fully saturated rings. The second-order valence-corrected chi connectivity index (χ2v) is 9.45. The Labute approximate surface area is 198 Å². The fraction of sp³-hybridized carbons (Fsp3) is 0.806. The van der Waals surface area contributed by atoms with Gasteiger partial charge in [0.05, 0.1) is 0 Å². The van der Waals surface area contributed by atoms with Crippen LogP contribution in [0.1, 0.15) is 162 Å². The van der Waals surface area contributed by atoms with E-state index in [0.29, 0.717) is 0 Å². The van der Waals surface area contributed by atoms with Gasteiger partial charge in [0, 0.05) is 0 Å². The molecular weight excluding hydrogens is 372 g/mol. The van der Waals surface area contributed by atoms with Gasteiger partial charge in [0.2, 0.25) is 0 Å². The summed E-state index contributed by atoms with van der Waals surface area (Å²) >= 11 is 0. The van der Waals surface area contributed by atoms with E-state index in [4.69, 9.17) is 0 Å². The summed E-state index contributed by atoms with van der Waals surface area (Å²) in [6.07, 6.45) is 45.9. The van der Waals surface area contributed by atoms with E-state index in [9.17, 15) is 0 Å². The molecule has 0 aliphatic rings. The van der Waals surface area contributed by atoms with Crippen LogP contribution in [0.5, 0.6) is 0 Å². The lowest BCUT2D eigenvalue weighted by Gasteiger charge is -1.98. The van der Waals surface area contributed by atoms with Gasteiger partial charge in [-0.05, 0) is 77.0 Å². The molecule has 0 amide bonds. The first kappa shape index (κ1) is 30.2. The maximum atomic E-state index is 2.42. The Balaban J connectivity index is 3.19. The predicted molar refractivity (Wildman–Crippen MR) is 145 cm³/mol. The van der Waals surface area contributed by atoms with Crippen LogP contribution in [0.2, 0.25) is 0 Å². The normalized spacial score (nSPS) is 12.2. The minimum atomic E-state index is 1.27. The van der Waals surface area contributed by atoms with Crippen LogP contribution in [0.3, 0.4) is 0 Å². The van der Waals surface area contributed by atoms with Gasteiger partial charge >= 0.3 is 0 Å². The van der Waals surface area contributed by atoms with E-state index in [-0.39, 0.29) is 0 Å². The third-order valence-electron chi connectivity index (χ3n) is 6.18. The summed E-state index contributed by atoms with van der Waals surface area (Å²) in [7, 11) is 0. The molecule has 0 nitrogen and oxygen atoms in total. The van der Waals surface area contributed by atoms with Gasteiger partial charge in [0.25, 0.3) is 0 Å². The molecule has 0 aromatic heterocycles. The SMILES string of the molecule is CCCCCCCC/C=C/CCCC/C=C/CCCCC/C=C/CCCCCCCC. The van der Waals surface area contributed by atoms with Crippen molar-refractivity contribution in [3.05, 3.63) is 36.5 Å². The first-order valence-corrected chi connectivity index (χ1v) is 14.4. The molecule has 0 N–H and O–H groups in total. The summed E-state index contributed by atoms with van der Waals surface area (Å²) < 4.78 is 0. The molecule has 0 atom stereocenters. The van der Waals surface area contributed by atoms with E-state index < -0.39 is 0 Å². The molecule has 0 aromatic carbocycles. The molecule has 0 rings (SSSR count). The zero-order valence-electron chi connectivity index (χ0n) is 21.7. The van der Waals surface area contributed by atoms with Crippen molar-refractivity contribution in [3.8, 4) is 0 Å². The Bertz CT molecular complexity index is 387. The van der Waals surface area contributed by atoms with Crippen LogP contribution < -0.4 is 0 Å². The molecule has 0 saturated heterocycles. The van der Waals surface area contributed by atoms with E-state index >= 15 is 0 Å². The van der Waals surface area contributed by atoms with Gasteiger partial charge in [-0.15, -0.1) is 0 Å². The fourth-order valence-corrected chi connectivity index (χ4v) is 4.02. The van der Waals surface area contributed by atoms with E-state index in [1.807, 2.05) is 0 Å². The van der Waals surface area contributed by atoms with Crippen LogP contribution in [0.4, 0.5) is 0 Å². The number of hydrogen-bond donors (Lipinski definition) is 0. The average molecular weight is 431 g/mol. The Hall–Kier alpha value is -0.780. The molecule has 0 heteroatoms. The minimum absolute atomic E-state index is 1.27. The highest BCUT2D eigenvalue weighted by molar-refractivity contribution is 4.84. The van der Waals surface area contributed by atoms with Gasteiger partial charge in [-0.25, -0.2) is 0 Å². The van der Waals surface area contributed by atoms with E-state index in [0.717, 1.165) is 0 Å². The third kappa shape index (κ3) is 29.2. The quantitative estimate of drug-likeness (QED) is 0.0997. The third-order valence-corrected chi connectivity index (χ3v) is 6.18. The fourth-order valence-electron chi connectivity index (χ4n) is 4.02. The van der Waals surface area contributed by atoms with Crippen LogP contribution in [-0.2, 0) is 0 Å². The van der Waals surface area contributed by atoms with Crippen LogP contribution in [0.25, 0.3) is 0 Å². The largest absolute Gasteiger partial charge is 0.0885 e. The lowest BCUT2D eigenvalue weighted by molar-refractivity contribution is 0.610. The smallest absolute Gasteiger partial charge is 0.0351 e. The summed E-state index contributed by atoms with van der Waals surface area (Å²) in [5.41, 5.74) is 0. The van der Waals surface area contributed by atoms with Crippen molar-refractivity contribution in [2.24, 2.45) is 0 Å². The zero-order chi connectivity index (χ0) is 22.5. The Morgan fingerprint density at radius 2 is 0.452 bits per heavy atom. The summed E-state index contributed by atoms with van der Waals surface area (Å²) in [5.74, 6) is 0. The summed E-state index contributed by atoms with van der Waals surface area (Å²) in [5, 5.41) is 0. The predicted octanol–water partition coefficient (Wildman–Crippen LogP) is 11.7. The molecule has 182 valence electrons. The number of rotatable bonds is 25. The lowest BCUT2D eigenvalue weighted by atomic mass is 10.1. The summed E-state index contributed by atoms with van der Waals surface area (Å²) in [6, 6.07) is 0. The van der Waals surface area contributed by atoms with Crippen molar-refractivity contribution >= 4 is 0 Å². The maximum Gasteiger partial charge on any atom is -0.0351 e. The second kappa shape index (κ2) is 29.2. The van der Waals surface area contributed by atoms with Crippen molar-refractivity contribution in [1.29, 1.82) is 0 Å². The van der Waals surface area contributed by atoms with Crippen LogP contribution in [0.15, 0.2) is 36.5 Å². The van der Waals surface area contributed by atoms with Gasteiger partial charge in [0.15, 0.2) is 0 Å². The Morgan fingerprint density at radius 3 is 0.742 bits per heavy atom. The lowest BCUT2D eigenvalue weighted by Crippen LogP contribution is -1.78. The first-order valence-electron chi connectivity index (χ1n) is 14.4. The standard InChI is InChI=1S/C31H58/c1-3-5-7-9-11-13-15-17-19-21-23-25-27-29-31-30-28-26-24-22-20-18-16-14-12-10-8-6-4-2/h17-20,29,31H,3-16,21-28,30H2,1-2H3/b19-17+,20-18+,31-29+. The highest BCUT2D eigenvalue weighted by atomic mass is 14.0. The zero-order valence-corrected chi connectivity index (χ0v) is 21.7. The molecule has 0 aromatic rings. The first-order chi connectivity index (χ1) is 15.4. The van der Waals surface area contributed by atoms with Crippen LogP contribution >= 0.6 is 0 Å². The minimum Gasteiger partial charge on any atom is -0.0885 e. The molecule has 0 radical (unpaired) electrons. The van der Waals surface area contributed by atoms with Crippen molar-refractivity contribution in [2.75, 3.05) is 0 Å². The Kier molecular flexibility index (Phi) is 28.5. The second-order valence-electron chi connectivity index (χ2n) is 9.45. The van der Waals surface area contributed by atoms with Crippen LogP contribution in [0, 0.1) is 0 Å². The molecule has 31 heavy (non-hydrogen) atoms. The van der Waals surface area contributed by atoms with Gasteiger partial charge in [-0.2, -0.15) is 0 Å². The molecule has 0 bridgehead atoms. The molecule has 0 unspecified atom stereocenters. The highest BCUT2D eigenvalue weighted by Crippen LogP contribution is 2.10.